The second-order valence-electron chi connectivity index (χ2n) is 6.63. The Morgan fingerprint density at radius 3 is 2.30 bits per heavy atom. The van der Waals surface area contributed by atoms with Gasteiger partial charge in [-0.2, -0.15) is 8.42 Å². The van der Waals surface area contributed by atoms with Crippen molar-refractivity contribution in [1.29, 1.82) is 0 Å². The fourth-order valence-electron chi connectivity index (χ4n) is 3.39. The number of benzene rings is 3. The minimum absolute atomic E-state index is 0.100. The van der Waals surface area contributed by atoms with E-state index < -0.39 is 10.1 Å². The average Bonchev–Trinajstić information content (AvgIpc) is 3.06. The van der Waals surface area contributed by atoms with Gasteiger partial charge in [-0.25, -0.2) is 0 Å². The van der Waals surface area contributed by atoms with Gasteiger partial charge in [0.15, 0.2) is 0 Å². The topological polar surface area (TPSA) is 55.7 Å². The number of hydrogen-bond donors (Lipinski definition) is 0. The van der Waals surface area contributed by atoms with Crippen LogP contribution in [0.1, 0.15) is 34.6 Å². The highest BCUT2D eigenvalue weighted by molar-refractivity contribution is 7.86. The first-order chi connectivity index (χ1) is 13.0. The molecule has 27 heavy (non-hydrogen) atoms. The molecular formula is C22H19NO3S. The summed E-state index contributed by atoms with van der Waals surface area (Å²) in [7, 11) is -3.94. The average molecular weight is 377 g/mol. The molecule has 0 N–H and O–H groups in total. The summed E-state index contributed by atoms with van der Waals surface area (Å²) in [5.74, 6) is 0.145. The van der Waals surface area contributed by atoms with Gasteiger partial charge in [-0.3, -0.25) is 4.28 Å². The molecule has 1 atom stereocenters. The molecule has 1 unspecified atom stereocenters. The van der Waals surface area contributed by atoms with Crippen LogP contribution in [0.15, 0.2) is 88.9 Å². The zero-order chi connectivity index (χ0) is 18.9. The molecule has 3 aromatic rings. The Hall–Kier alpha value is -2.92. The van der Waals surface area contributed by atoms with E-state index in [2.05, 4.69) is 23.4 Å². The van der Waals surface area contributed by atoms with Gasteiger partial charge in [0.25, 0.3) is 0 Å². The van der Waals surface area contributed by atoms with Crippen molar-refractivity contribution in [2.24, 2.45) is 5.16 Å². The number of aryl methyl sites for hydroxylation is 1. The van der Waals surface area contributed by atoms with E-state index in [-0.39, 0.29) is 10.8 Å². The summed E-state index contributed by atoms with van der Waals surface area (Å²) in [6.45, 7) is 1.90. The Morgan fingerprint density at radius 1 is 0.889 bits per heavy atom. The van der Waals surface area contributed by atoms with Gasteiger partial charge in [-0.1, -0.05) is 77.4 Å². The van der Waals surface area contributed by atoms with Crippen LogP contribution in [0.4, 0.5) is 0 Å². The van der Waals surface area contributed by atoms with E-state index in [1.165, 1.54) is 17.7 Å². The Labute approximate surface area is 159 Å². The van der Waals surface area contributed by atoms with Crippen molar-refractivity contribution in [1.82, 2.24) is 0 Å². The molecule has 0 saturated carbocycles. The van der Waals surface area contributed by atoms with E-state index in [4.69, 9.17) is 4.28 Å². The molecule has 0 amide bonds. The van der Waals surface area contributed by atoms with Gasteiger partial charge in [-0.15, -0.1) is 0 Å². The lowest BCUT2D eigenvalue weighted by atomic mass is 9.93. The Balaban J connectivity index is 1.65. The van der Waals surface area contributed by atoms with Crippen LogP contribution in [0, 0.1) is 6.92 Å². The van der Waals surface area contributed by atoms with Crippen molar-refractivity contribution in [3.05, 3.63) is 101 Å². The summed E-state index contributed by atoms with van der Waals surface area (Å²) >= 11 is 0. The number of nitrogens with zero attached hydrogens (tertiary/aromatic N) is 1. The molecule has 4 rings (SSSR count). The molecule has 5 heteroatoms. The summed E-state index contributed by atoms with van der Waals surface area (Å²) in [5.41, 5.74) is 4.88. The Kier molecular flexibility index (Phi) is 4.54. The number of rotatable bonds is 4. The molecule has 0 saturated heterocycles. The van der Waals surface area contributed by atoms with Gasteiger partial charge in [0.2, 0.25) is 0 Å². The van der Waals surface area contributed by atoms with Gasteiger partial charge in [0.05, 0.1) is 5.71 Å². The summed E-state index contributed by atoms with van der Waals surface area (Å²) in [4.78, 5) is 0.100. The first-order valence-corrected chi connectivity index (χ1v) is 10.2. The van der Waals surface area contributed by atoms with Gasteiger partial charge in [-0.05, 0) is 30.2 Å². The third-order valence-corrected chi connectivity index (χ3v) is 5.92. The zero-order valence-electron chi connectivity index (χ0n) is 14.9. The van der Waals surface area contributed by atoms with Gasteiger partial charge in [0, 0.05) is 17.9 Å². The molecule has 0 radical (unpaired) electrons. The monoisotopic (exact) mass is 377 g/mol. The van der Waals surface area contributed by atoms with Gasteiger partial charge < -0.3 is 0 Å². The first-order valence-electron chi connectivity index (χ1n) is 8.76. The van der Waals surface area contributed by atoms with Crippen molar-refractivity contribution >= 4 is 15.8 Å². The number of fused-ring (bicyclic) bond motifs is 1. The quantitative estimate of drug-likeness (QED) is 0.623. The standard InChI is InChI=1S/C22H19NO3S/c1-16-11-13-18(14-12-16)27(24,25)26-23-22-15-21(17-7-3-2-4-8-17)19-9-5-6-10-20(19)22/h2-14,21H,15H2,1H3. The molecule has 0 aliphatic heterocycles. The minimum atomic E-state index is -3.94. The van der Waals surface area contributed by atoms with Crippen molar-refractivity contribution in [2.45, 2.75) is 24.2 Å². The number of hydrogen-bond acceptors (Lipinski definition) is 4. The van der Waals surface area contributed by atoms with Crippen LogP contribution in [-0.4, -0.2) is 14.1 Å². The molecule has 0 heterocycles. The molecular weight excluding hydrogens is 358 g/mol. The number of oxime groups is 1. The van der Waals surface area contributed by atoms with E-state index >= 15 is 0 Å². The van der Waals surface area contributed by atoms with Crippen LogP contribution in [0.2, 0.25) is 0 Å². The molecule has 1 aliphatic carbocycles. The van der Waals surface area contributed by atoms with E-state index in [0.29, 0.717) is 12.1 Å². The van der Waals surface area contributed by atoms with E-state index in [0.717, 1.165) is 16.7 Å². The third-order valence-electron chi connectivity index (χ3n) is 4.80. The fourth-order valence-corrected chi connectivity index (χ4v) is 4.13. The van der Waals surface area contributed by atoms with Crippen LogP contribution < -0.4 is 0 Å². The van der Waals surface area contributed by atoms with Crippen molar-refractivity contribution in [3.63, 3.8) is 0 Å². The third kappa shape index (κ3) is 3.51. The molecule has 0 spiro atoms. The first kappa shape index (κ1) is 17.5. The molecule has 4 nitrogen and oxygen atoms in total. The molecule has 0 fully saturated rings. The predicted octanol–water partition coefficient (Wildman–Crippen LogP) is 4.64. The van der Waals surface area contributed by atoms with Crippen molar-refractivity contribution in [3.8, 4) is 0 Å². The van der Waals surface area contributed by atoms with E-state index in [1.54, 1.807) is 12.1 Å². The normalized spacial score (nSPS) is 17.7. The molecule has 0 bridgehead atoms. The molecule has 0 aromatic heterocycles. The van der Waals surface area contributed by atoms with Crippen LogP contribution in [0.5, 0.6) is 0 Å². The highest BCUT2D eigenvalue weighted by Crippen LogP contribution is 2.38. The second-order valence-corrected chi connectivity index (χ2v) is 8.16. The lowest BCUT2D eigenvalue weighted by Gasteiger charge is -2.10. The smallest absolute Gasteiger partial charge is 0.264 e. The van der Waals surface area contributed by atoms with Crippen LogP contribution >= 0.6 is 0 Å². The summed E-state index contributed by atoms with van der Waals surface area (Å²) < 4.78 is 29.9. The van der Waals surface area contributed by atoms with E-state index in [1.807, 2.05) is 43.3 Å². The van der Waals surface area contributed by atoms with E-state index in [9.17, 15) is 8.42 Å². The Bertz CT molecular complexity index is 1090. The molecule has 3 aromatic carbocycles. The molecule has 136 valence electrons. The largest absolute Gasteiger partial charge is 0.358 e. The fraction of sp³-hybridized carbons (Fsp3) is 0.136. The van der Waals surface area contributed by atoms with Gasteiger partial charge >= 0.3 is 10.1 Å². The maximum Gasteiger partial charge on any atom is 0.358 e. The SMILES string of the molecule is Cc1ccc(S(=O)(=O)ON=C2CC(c3ccccc3)c3ccccc32)cc1. The maximum absolute atomic E-state index is 12.4. The molecule has 1 aliphatic rings. The highest BCUT2D eigenvalue weighted by Gasteiger charge is 2.29. The summed E-state index contributed by atoms with van der Waals surface area (Å²) in [6.07, 6.45) is 0.604. The highest BCUT2D eigenvalue weighted by atomic mass is 32.2. The lowest BCUT2D eigenvalue weighted by Crippen LogP contribution is -2.05. The zero-order valence-corrected chi connectivity index (χ0v) is 15.7. The van der Waals surface area contributed by atoms with Crippen molar-refractivity contribution in [2.75, 3.05) is 0 Å². The van der Waals surface area contributed by atoms with Crippen LogP contribution in [0.25, 0.3) is 0 Å². The lowest BCUT2D eigenvalue weighted by molar-refractivity contribution is 0.338. The predicted molar refractivity (Wildman–Crippen MR) is 105 cm³/mol. The van der Waals surface area contributed by atoms with Crippen LogP contribution in [0.3, 0.4) is 0 Å². The van der Waals surface area contributed by atoms with Gasteiger partial charge in [0.1, 0.15) is 4.90 Å². The summed E-state index contributed by atoms with van der Waals surface area (Å²) in [6, 6.07) is 24.6. The second kappa shape index (κ2) is 7.00. The maximum atomic E-state index is 12.4. The summed E-state index contributed by atoms with van der Waals surface area (Å²) in [5, 5.41) is 4.04. The van der Waals surface area contributed by atoms with Crippen molar-refractivity contribution < 1.29 is 12.7 Å². The minimum Gasteiger partial charge on any atom is -0.264 e. The van der Waals surface area contributed by atoms with Crippen LogP contribution in [-0.2, 0) is 14.4 Å². The Morgan fingerprint density at radius 2 is 1.56 bits per heavy atom.